The first-order chi connectivity index (χ1) is 11.1. The molecule has 23 heavy (non-hydrogen) atoms. The molecule has 0 atom stereocenters. The maximum absolute atomic E-state index is 11.9. The van der Waals surface area contributed by atoms with E-state index >= 15 is 0 Å². The van der Waals surface area contributed by atoms with Crippen molar-refractivity contribution in [3.05, 3.63) is 45.1 Å². The first-order valence-electron chi connectivity index (χ1n) is 7.14. The number of thiophene rings is 1. The van der Waals surface area contributed by atoms with Crippen molar-refractivity contribution in [3.8, 4) is 5.75 Å². The number of anilines is 1. The fraction of sp³-hybridized carbons (Fsp3) is 0.250. The summed E-state index contributed by atoms with van der Waals surface area (Å²) >= 11 is 4.61. The number of halogens is 1. The summed E-state index contributed by atoms with van der Waals surface area (Å²) in [6.07, 6.45) is 0.918. The Hall–Kier alpha value is -1.86. The van der Waals surface area contributed by atoms with Crippen molar-refractivity contribution < 1.29 is 14.3 Å². The summed E-state index contributed by atoms with van der Waals surface area (Å²) in [4.78, 5) is 24.3. The second kappa shape index (κ2) is 8.69. The van der Waals surface area contributed by atoms with Crippen LogP contribution >= 0.6 is 27.3 Å². The van der Waals surface area contributed by atoms with E-state index < -0.39 is 0 Å². The standard InChI is InChI=1S/C16H17BrN2O3S/c1-2-8-22-12-5-3-4-11(9-12)19-15(20)10-18-16(21)13-6-7-14(17)23-13/h3-7,9H,2,8,10H2,1H3,(H,18,21)(H,19,20). The predicted octanol–water partition coefficient (Wildman–Crippen LogP) is 3.67. The highest BCUT2D eigenvalue weighted by Crippen LogP contribution is 2.21. The number of benzene rings is 1. The third-order valence-corrected chi connectivity index (χ3v) is 4.42. The fourth-order valence-electron chi connectivity index (χ4n) is 1.77. The number of ether oxygens (including phenoxy) is 1. The van der Waals surface area contributed by atoms with Gasteiger partial charge < -0.3 is 15.4 Å². The SMILES string of the molecule is CCCOc1cccc(NC(=O)CNC(=O)c2ccc(Br)s2)c1. The Morgan fingerprint density at radius 2 is 2.09 bits per heavy atom. The van der Waals surface area contributed by atoms with Crippen LogP contribution in [0.3, 0.4) is 0 Å². The Kier molecular flexibility index (Phi) is 6.61. The van der Waals surface area contributed by atoms with E-state index in [1.165, 1.54) is 11.3 Å². The maximum atomic E-state index is 11.9. The molecule has 0 unspecified atom stereocenters. The molecule has 0 fully saturated rings. The van der Waals surface area contributed by atoms with E-state index in [4.69, 9.17) is 4.74 Å². The van der Waals surface area contributed by atoms with Crippen LogP contribution in [0.15, 0.2) is 40.2 Å². The van der Waals surface area contributed by atoms with Crippen LogP contribution in [0.2, 0.25) is 0 Å². The molecule has 0 spiro atoms. The highest BCUT2D eigenvalue weighted by molar-refractivity contribution is 9.11. The monoisotopic (exact) mass is 396 g/mol. The summed E-state index contributed by atoms with van der Waals surface area (Å²) in [5.74, 6) is 0.148. The van der Waals surface area contributed by atoms with Crippen molar-refractivity contribution in [2.75, 3.05) is 18.5 Å². The molecule has 2 aromatic rings. The zero-order chi connectivity index (χ0) is 16.7. The lowest BCUT2D eigenvalue weighted by molar-refractivity contribution is -0.115. The van der Waals surface area contributed by atoms with Gasteiger partial charge in [-0.2, -0.15) is 0 Å². The van der Waals surface area contributed by atoms with Gasteiger partial charge in [0.2, 0.25) is 5.91 Å². The van der Waals surface area contributed by atoms with Gasteiger partial charge in [0, 0.05) is 11.8 Å². The van der Waals surface area contributed by atoms with Gasteiger partial charge in [-0.05, 0) is 46.6 Å². The van der Waals surface area contributed by atoms with Gasteiger partial charge in [-0.3, -0.25) is 9.59 Å². The summed E-state index contributed by atoms with van der Waals surface area (Å²) in [6.45, 7) is 2.57. The molecule has 2 rings (SSSR count). The maximum Gasteiger partial charge on any atom is 0.261 e. The molecule has 2 amide bonds. The van der Waals surface area contributed by atoms with Gasteiger partial charge in [-0.1, -0.05) is 13.0 Å². The van der Waals surface area contributed by atoms with E-state index in [2.05, 4.69) is 26.6 Å². The lowest BCUT2D eigenvalue weighted by Gasteiger charge is -2.09. The van der Waals surface area contributed by atoms with Gasteiger partial charge >= 0.3 is 0 Å². The minimum absolute atomic E-state index is 0.0889. The molecule has 2 N–H and O–H groups in total. The van der Waals surface area contributed by atoms with Crippen molar-refractivity contribution >= 4 is 44.8 Å². The normalized spacial score (nSPS) is 10.2. The molecular formula is C16H17BrN2O3S. The van der Waals surface area contributed by atoms with Crippen molar-refractivity contribution in [3.63, 3.8) is 0 Å². The van der Waals surface area contributed by atoms with Gasteiger partial charge in [-0.25, -0.2) is 0 Å². The number of rotatable bonds is 7. The van der Waals surface area contributed by atoms with Crippen LogP contribution in [0.4, 0.5) is 5.69 Å². The smallest absolute Gasteiger partial charge is 0.261 e. The fourth-order valence-corrected chi connectivity index (χ4v) is 3.08. The Morgan fingerprint density at radius 1 is 1.26 bits per heavy atom. The Balaban J connectivity index is 1.83. The number of amides is 2. The zero-order valence-electron chi connectivity index (χ0n) is 12.6. The number of hydrogen-bond acceptors (Lipinski definition) is 4. The van der Waals surface area contributed by atoms with Crippen LogP contribution in [0.25, 0.3) is 0 Å². The predicted molar refractivity (Wildman–Crippen MR) is 95.2 cm³/mol. The largest absolute Gasteiger partial charge is 0.494 e. The van der Waals surface area contributed by atoms with Gasteiger partial charge in [0.25, 0.3) is 5.91 Å². The third-order valence-electron chi connectivity index (χ3n) is 2.80. The second-order valence-corrected chi connectivity index (χ2v) is 7.17. The summed E-state index contributed by atoms with van der Waals surface area (Å²) in [5, 5.41) is 5.32. The van der Waals surface area contributed by atoms with Gasteiger partial charge in [0.1, 0.15) is 5.75 Å². The molecule has 1 aromatic carbocycles. The molecule has 0 bridgehead atoms. The highest BCUT2D eigenvalue weighted by Gasteiger charge is 2.10. The molecule has 0 saturated carbocycles. The number of hydrogen-bond donors (Lipinski definition) is 2. The number of carbonyl (C=O) groups is 2. The van der Waals surface area contributed by atoms with Crippen molar-refractivity contribution in [2.45, 2.75) is 13.3 Å². The molecule has 0 saturated heterocycles. The first-order valence-corrected chi connectivity index (χ1v) is 8.75. The Bertz CT molecular complexity index is 687. The van der Waals surface area contributed by atoms with E-state index in [9.17, 15) is 9.59 Å². The average molecular weight is 397 g/mol. The van der Waals surface area contributed by atoms with Crippen LogP contribution in [0.1, 0.15) is 23.0 Å². The quantitative estimate of drug-likeness (QED) is 0.749. The molecule has 0 aliphatic carbocycles. The summed E-state index contributed by atoms with van der Waals surface area (Å²) in [5.41, 5.74) is 0.636. The van der Waals surface area contributed by atoms with Crippen molar-refractivity contribution in [2.24, 2.45) is 0 Å². The summed E-state index contributed by atoms with van der Waals surface area (Å²) in [7, 11) is 0. The zero-order valence-corrected chi connectivity index (χ0v) is 15.0. The lowest BCUT2D eigenvalue weighted by atomic mass is 10.3. The highest BCUT2D eigenvalue weighted by atomic mass is 79.9. The molecule has 0 aliphatic heterocycles. The van der Waals surface area contributed by atoms with E-state index in [0.29, 0.717) is 22.9 Å². The average Bonchev–Trinajstić information content (AvgIpc) is 2.97. The number of carbonyl (C=O) groups excluding carboxylic acids is 2. The second-order valence-electron chi connectivity index (χ2n) is 4.71. The molecule has 5 nitrogen and oxygen atoms in total. The minimum Gasteiger partial charge on any atom is -0.494 e. The molecule has 1 heterocycles. The topological polar surface area (TPSA) is 67.4 Å². The van der Waals surface area contributed by atoms with Crippen LogP contribution in [0, 0.1) is 0 Å². The third kappa shape index (κ3) is 5.69. The van der Waals surface area contributed by atoms with E-state index in [0.717, 1.165) is 10.2 Å². The molecule has 1 aromatic heterocycles. The van der Waals surface area contributed by atoms with Crippen LogP contribution in [0.5, 0.6) is 5.75 Å². The van der Waals surface area contributed by atoms with Crippen molar-refractivity contribution in [1.29, 1.82) is 0 Å². The van der Waals surface area contributed by atoms with Gasteiger partial charge in [0.15, 0.2) is 0 Å². The Labute approximate surface area is 147 Å². The van der Waals surface area contributed by atoms with Crippen LogP contribution < -0.4 is 15.4 Å². The van der Waals surface area contributed by atoms with Gasteiger partial charge in [0.05, 0.1) is 21.8 Å². The molecule has 122 valence electrons. The van der Waals surface area contributed by atoms with E-state index in [1.807, 2.05) is 19.1 Å². The molecule has 0 aliphatic rings. The van der Waals surface area contributed by atoms with E-state index in [-0.39, 0.29) is 18.4 Å². The summed E-state index contributed by atoms with van der Waals surface area (Å²) in [6, 6.07) is 10.7. The molecule has 0 radical (unpaired) electrons. The number of nitrogens with one attached hydrogen (secondary N) is 2. The van der Waals surface area contributed by atoms with Crippen LogP contribution in [-0.2, 0) is 4.79 Å². The van der Waals surface area contributed by atoms with Gasteiger partial charge in [-0.15, -0.1) is 11.3 Å². The Morgan fingerprint density at radius 3 is 2.78 bits per heavy atom. The summed E-state index contributed by atoms with van der Waals surface area (Å²) < 4.78 is 6.38. The van der Waals surface area contributed by atoms with Crippen molar-refractivity contribution in [1.82, 2.24) is 5.32 Å². The van der Waals surface area contributed by atoms with Crippen LogP contribution in [-0.4, -0.2) is 25.0 Å². The molecular weight excluding hydrogens is 380 g/mol. The van der Waals surface area contributed by atoms with E-state index in [1.54, 1.807) is 24.3 Å². The first kappa shape index (κ1) is 17.5. The molecule has 7 heteroatoms. The minimum atomic E-state index is -0.290. The lowest BCUT2D eigenvalue weighted by Crippen LogP contribution is -2.32.